The number of nitrogens with one attached hydrogen (secondary N) is 1. The number of hydrogen-bond donors (Lipinski definition) is 1. The summed E-state index contributed by atoms with van der Waals surface area (Å²) in [4.78, 5) is 0. The van der Waals surface area contributed by atoms with Crippen molar-refractivity contribution < 1.29 is 0 Å². The number of halogens is 1. The zero-order valence-electron chi connectivity index (χ0n) is 12.8. The number of rotatable bonds is 4. The molecule has 4 unspecified atom stereocenters. The Hall–Kier alpha value is 0.160. The minimum absolute atomic E-state index is 0.447. The third-order valence-corrected chi connectivity index (χ3v) is 8.11. The summed E-state index contributed by atoms with van der Waals surface area (Å²) < 4.78 is 1.77. The standard InChI is InChI=1S/C14H24ClN3S2/c1-8-11(14(15)18(5)17-8)6-12(16-4)13-7-19-9(2)10(3)20-13/h9-10,12-13,16H,6-7H2,1-5H3. The van der Waals surface area contributed by atoms with Crippen LogP contribution in [0, 0.1) is 6.92 Å². The lowest BCUT2D eigenvalue weighted by molar-refractivity contribution is 0.553. The molecule has 0 amide bonds. The number of nitrogens with zero attached hydrogens (tertiary/aromatic N) is 2. The molecule has 1 aromatic heterocycles. The van der Waals surface area contributed by atoms with Gasteiger partial charge >= 0.3 is 0 Å². The van der Waals surface area contributed by atoms with Crippen molar-refractivity contribution in [2.24, 2.45) is 7.05 Å². The van der Waals surface area contributed by atoms with Crippen LogP contribution in [0.5, 0.6) is 0 Å². The lowest BCUT2D eigenvalue weighted by Crippen LogP contribution is -2.43. The second kappa shape index (κ2) is 6.95. The molecule has 2 heterocycles. The van der Waals surface area contributed by atoms with Gasteiger partial charge in [-0.2, -0.15) is 28.6 Å². The van der Waals surface area contributed by atoms with Gasteiger partial charge in [-0.25, -0.2) is 0 Å². The van der Waals surface area contributed by atoms with Crippen molar-refractivity contribution in [3.8, 4) is 0 Å². The third kappa shape index (κ3) is 3.49. The molecule has 20 heavy (non-hydrogen) atoms. The summed E-state index contributed by atoms with van der Waals surface area (Å²) in [6, 6.07) is 0.447. The van der Waals surface area contributed by atoms with Crippen LogP contribution in [0.15, 0.2) is 0 Å². The van der Waals surface area contributed by atoms with Crippen LogP contribution < -0.4 is 5.32 Å². The van der Waals surface area contributed by atoms with Crippen LogP contribution in [0.25, 0.3) is 0 Å². The van der Waals surface area contributed by atoms with E-state index in [0.29, 0.717) is 16.5 Å². The normalized spacial score (nSPS) is 28.6. The average Bonchev–Trinajstić information content (AvgIpc) is 2.65. The van der Waals surface area contributed by atoms with E-state index in [0.717, 1.165) is 22.5 Å². The first-order chi connectivity index (χ1) is 9.43. The Morgan fingerprint density at radius 2 is 2.15 bits per heavy atom. The van der Waals surface area contributed by atoms with Gasteiger partial charge in [-0.3, -0.25) is 4.68 Å². The number of aryl methyl sites for hydroxylation is 2. The van der Waals surface area contributed by atoms with Crippen LogP contribution in [0.4, 0.5) is 0 Å². The highest BCUT2D eigenvalue weighted by Crippen LogP contribution is 2.38. The van der Waals surface area contributed by atoms with Crippen molar-refractivity contribution in [1.82, 2.24) is 15.1 Å². The molecule has 3 nitrogen and oxygen atoms in total. The zero-order chi connectivity index (χ0) is 14.9. The molecule has 0 saturated carbocycles. The molecule has 1 N–H and O–H groups in total. The Labute approximate surface area is 135 Å². The summed E-state index contributed by atoms with van der Waals surface area (Å²) in [6.45, 7) is 6.71. The van der Waals surface area contributed by atoms with E-state index in [9.17, 15) is 0 Å². The summed E-state index contributed by atoms with van der Waals surface area (Å²) in [6.07, 6.45) is 0.953. The summed E-state index contributed by atoms with van der Waals surface area (Å²) in [5.41, 5.74) is 2.23. The van der Waals surface area contributed by atoms with Crippen molar-refractivity contribution in [3.63, 3.8) is 0 Å². The molecule has 1 aromatic rings. The van der Waals surface area contributed by atoms with Crippen molar-refractivity contribution >= 4 is 35.1 Å². The monoisotopic (exact) mass is 333 g/mol. The van der Waals surface area contributed by atoms with E-state index in [2.05, 4.69) is 54.8 Å². The maximum Gasteiger partial charge on any atom is 0.130 e. The Bertz CT molecular complexity index is 464. The molecular weight excluding hydrogens is 310 g/mol. The molecule has 1 saturated heterocycles. The minimum Gasteiger partial charge on any atom is -0.316 e. The van der Waals surface area contributed by atoms with E-state index < -0.39 is 0 Å². The second-order valence-corrected chi connectivity index (χ2v) is 8.89. The molecule has 1 aliphatic heterocycles. The molecule has 0 aliphatic carbocycles. The smallest absolute Gasteiger partial charge is 0.130 e. The maximum absolute atomic E-state index is 6.37. The molecule has 6 heteroatoms. The van der Waals surface area contributed by atoms with Gasteiger partial charge in [-0.05, 0) is 20.4 Å². The van der Waals surface area contributed by atoms with E-state index in [-0.39, 0.29) is 0 Å². The fourth-order valence-corrected chi connectivity index (χ4v) is 5.98. The number of aromatic nitrogens is 2. The topological polar surface area (TPSA) is 29.9 Å². The zero-order valence-corrected chi connectivity index (χ0v) is 15.2. The summed E-state index contributed by atoms with van der Waals surface area (Å²) >= 11 is 10.6. The molecule has 4 atom stereocenters. The maximum atomic E-state index is 6.37. The first-order valence-electron chi connectivity index (χ1n) is 7.06. The SMILES string of the molecule is CNC(Cc1c(C)nn(C)c1Cl)C1CSC(C)C(C)S1. The van der Waals surface area contributed by atoms with Gasteiger partial charge in [-0.1, -0.05) is 25.4 Å². The molecule has 0 spiro atoms. The van der Waals surface area contributed by atoms with Crippen LogP contribution in [-0.2, 0) is 13.5 Å². The van der Waals surface area contributed by atoms with Gasteiger partial charge in [0, 0.05) is 40.2 Å². The van der Waals surface area contributed by atoms with Crippen molar-refractivity contribution in [3.05, 3.63) is 16.4 Å². The van der Waals surface area contributed by atoms with Gasteiger partial charge in [0.25, 0.3) is 0 Å². The van der Waals surface area contributed by atoms with Gasteiger partial charge in [0.15, 0.2) is 0 Å². The largest absolute Gasteiger partial charge is 0.316 e. The fourth-order valence-electron chi connectivity index (χ4n) is 2.56. The Morgan fingerprint density at radius 1 is 1.45 bits per heavy atom. The van der Waals surface area contributed by atoms with Crippen LogP contribution in [0.2, 0.25) is 5.15 Å². The van der Waals surface area contributed by atoms with Crippen molar-refractivity contribution in [2.45, 2.75) is 49.0 Å². The molecule has 0 bridgehead atoms. The highest BCUT2D eigenvalue weighted by Gasteiger charge is 2.31. The predicted molar refractivity (Wildman–Crippen MR) is 92.3 cm³/mol. The second-order valence-electron chi connectivity index (χ2n) is 5.50. The third-order valence-electron chi connectivity index (χ3n) is 4.09. The van der Waals surface area contributed by atoms with Gasteiger partial charge in [0.05, 0.1) is 5.69 Å². The van der Waals surface area contributed by atoms with Gasteiger partial charge in [0.2, 0.25) is 0 Å². The first kappa shape index (κ1) is 16.5. The van der Waals surface area contributed by atoms with Gasteiger partial charge < -0.3 is 5.32 Å². The quantitative estimate of drug-likeness (QED) is 0.916. The van der Waals surface area contributed by atoms with Crippen LogP contribution in [0.1, 0.15) is 25.1 Å². The lowest BCUT2D eigenvalue weighted by Gasteiger charge is -2.35. The predicted octanol–water partition coefficient (Wildman–Crippen LogP) is 3.14. The highest BCUT2D eigenvalue weighted by atomic mass is 35.5. The van der Waals surface area contributed by atoms with Crippen molar-refractivity contribution in [2.75, 3.05) is 12.8 Å². The molecule has 0 radical (unpaired) electrons. The van der Waals surface area contributed by atoms with E-state index in [1.165, 1.54) is 11.3 Å². The molecular formula is C14H24ClN3S2. The average molecular weight is 334 g/mol. The van der Waals surface area contributed by atoms with E-state index >= 15 is 0 Å². The van der Waals surface area contributed by atoms with Crippen LogP contribution in [0.3, 0.4) is 0 Å². The molecule has 0 aromatic carbocycles. The molecule has 1 aliphatic rings. The van der Waals surface area contributed by atoms with Gasteiger partial charge in [-0.15, -0.1) is 0 Å². The van der Waals surface area contributed by atoms with E-state index in [4.69, 9.17) is 11.6 Å². The van der Waals surface area contributed by atoms with Crippen LogP contribution >= 0.6 is 35.1 Å². The number of hydrogen-bond acceptors (Lipinski definition) is 4. The molecule has 114 valence electrons. The number of thioether (sulfide) groups is 2. The number of likely N-dealkylation sites (N-methyl/N-ethyl adjacent to an activating group) is 1. The van der Waals surface area contributed by atoms with Gasteiger partial charge in [0.1, 0.15) is 5.15 Å². The summed E-state index contributed by atoms with van der Waals surface area (Å²) in [5.74, 6) is 1.21. The van der Waals surface area contributed by atoms with Crippen LogP contribution in [-0.4, -0.2) is 44.4 Å². The Balaban J connectivity index is 2.09. The molecule has 2 rings (SSSR count). The molecule has 1 fully saturated rings. The lowest BCUT2D eigenvalue weighted by atomic mass is 10.0. The fraction of sp³-hybridized carbons (Fsp3) is 0.786. The summed E-state index contributed by atoms with van der Waals surface area (Å²) in [7, 11) is 3.96. The Morgan fingerprint density at radius 3 is 2.65 bits per heavy atom. The highest BCUT2D eigenvalue weighted by molar-refractivity contribution is 8.07. The van der Waals surface area contributed by atoms with Crippen molar-refractivity contribution in [1.29, 1.82) is 0 Å². The summed E-state index contributed by atoms with van der Waals surface area (Å²) in [5, 5.41) is 10.8. The Kier molecular flexibility index (Phi) is 5.74. The van der Waals surface area contributed by atoms with E-state index in [1.54, 1.807) is 4.68 Å². The minimum atomic E-state index is 0.447. The van der Waals surface area contributed by atoms with E-state index in [1.807, 2.05) is 14.0 Å². The first-order valence-corrected chi connectivity index (χ1v) is 9.43.